The highest BCUT2D eigenvalue weighted by atomic mass is 35.5. The van der Waals surface area contributed by atoms with Crippen molar-refractivity contribution in [2.75, 3.05) is 6.61 Å². The van der Waals surface area contributed by atoms with Gasteiger partial charge in [-0.2, -0.15) is 0 Å². The zero-order valence-corrected chi connectivity index (χ0v) is 15.7. The van der Waals surface area contributed by atoms with Gasteiger partial charge in [0.05, 0.1) is 10.7 Å². The lowest BCUT2D eigenvalue weighted by molar-refractivity contribution is 0.0882. The number of rotatable bonds is 7. The summed E-state index contributed by atoms with van der Waals surface area (Å²) in [7, 11) is -1.23. The first-order chi connectivity index (χ1) is 11.2. The summed E-state index contributed by atoms with van der Waals surface area (Å²) in [5.74, 6) is -0.598. The molecule has 1 aromatic heterocycles. The molecule has 0 amide bonds. The fourth-order valence-electron chi connectivity index (χ4n) is 2.33. The van der Waals surface area contributed by atoms with Crippen molar-refractivity contribution in [2.24, 2.45) is 0 Å². The van der Waals surface area contributed by atoms with E-state index in [4.69, 9.17) is 16.3 Å². The van der Waals surface area contributed by atoms with Crippen molar-refractivity contribution in [2.45, 2.75) is 38.8 Å². The van der Waals surface area contributed by atoms with Gasteiger partial charge in [0.2, 0.25) is 0 Å². The van der Waals surface area contributed by atoms with E-state index in [1.165, 1.54) is 35.0 Å². The van der Waals surface area contributed by atoms with E-state index in [0.717, 1.165) is 6.04 Å². The molecule has 0 spiro atoms. The third-order valence-electron chi connectivity index (χ3n) is 3.66. The predicted octanol–water partition coefficient (Wildman–Crippen LogP) is 6.20. The number of nitrogens with zero attached hydrogens (tertiary/aromatic N) is 1. The normalized spacial score (nSPS) is 12.2. The Morgan fingerprint density at radius 1 is 1.21 bits per heavy atom. The first-order valence-electron chi connectivity index (χ1n) is 7.70. The first kappa shape index (κ1) is 19.1. The smallest absolute Gasteiger partial charge is 0.264 e. The Balaban J connectivity index is 2.28. The van der Waals surface area contributed by atoms with Gasteiger partial charge in [0.1, 0.15) is 12.5 Å². The minimum absolute atomic E-state index is 0.0189. The highest BCUT2D eigenvalue weighted by Gasteiger charge is 2.22. The Morgan fingerprint density at radius 3 is 2.54 bits per heavy atom. The van der Waals surface area contributed by atoms with Gasteiger partial charge in [-0.3, -0.25) is 0 Å². The molecule has 132 valence electrons. The van der Waals surface area contributed by atoms with Crippen LogP contribution in [-0.2, 0) is 11.5 Å². The van der Waals surface area contributed by atoms with Gasteiger partial charge in [0.15, 0.2) is 0 Å². The Hall–Kier alpha value is -1.24. The number of alkyl halides is 2. The largest absolute Gasteiger partial charge is 0.361 e. The third-order valence-corrected chi connectivity index (χ3v) is 5.68. The highest BCUT2D eigenvalue weighted by molar-refractivity contribution is 6.76. The summed E-state index contributed by atoms with van der Waals surface area (Å²) in [5, 5.41) is 0.0914. The molecular formula is C17H21ClF3NOSi. The molecule has 0 N–H and O–H groups in total. The van der Waals surface area contributed by atoms with Crippen LogP contribution < -0.4 is 0 Å². The first-order valence-corrected chi connectivity index (χ1v) is 11.8. The van der Waals surface area contributed by atoms with Crippen LogP contribution in [0, 0.1) is 5.82 Å². The van der Waals surface area contributed by atoms with E-state index >= 15 is 0 Å². The fraction of sp³-hybridized carbons (Fsp3) is 0.412. The van der Waals surface area contributed by atoms with E-state index in [1.54, 1.807) is 0 Å². The highest BCUT2D eigenvalue weighted by Crippen LogP contribution is 2.38. The van der Waals surface area contributed by atoms with Crippen LogP contribution in [0.4, 0.5) is 13.2 Å². The van der Waals surface area contributed by atoms with E-state index < -0.39 is 20.3 Å². The molecular weight excluding hydrogens is 355 g/mol. The van der Waals surface area contributed by atoms with Crippen molar-refractivity contribution in [3.05, 3.63) is 46.9 Å². The molecule has 24 heavy (non-hydrogen) atoms. The van der Waals surface area contributed by atoms with Crippen LogP contribution in [0.2, 0.25) is 30.7 Å². The molecule has 0 saturated carbocycles. The summed E-state index contributed by atoms with van der Waals surface area (Å²) >= 11 is 6.08. The second kappa shape index (κ2) is 7.76. The summed E-state index contributed by atoms with van der Waals surface area (Å²) in [6.45, 7) is 7.35. The third kappa shape index (κ3) is 4.65. The molecule has 2 rings (SSSR count). The van der Waals surface area contributed by atoms with Crippen molar-refractivity contribution >= 4 is 19.7 Å². The van der Waals surface area contributed by atoms with Gasteiger partial charge in [-0.05, 0) is 18.2 Å². The molecule has 0 fully saturated rings. The molecule has 0 saturated heterocycles. The van der Waals surface area contributed by atoms with Gasteiger partial charge in [-0.1, -0.05) is 43.4 Å². The predicted molar refractivity (Wildman–Crippen MR) is 93.9 cm³/mol. The van der Waals surface area contributed by atoms with Crippen LogP contribution >= 0.6 is 11.6 Å². The molecule has 0 bridgehead atoms. The second-order valence-electron chi connectivity index (χ2n) is 6.83. The average Bonchev–Trinajstić information content (AvgIpc) is 2.83. The van der Waals surface area contributed by atoms with Crippen molar-refractivity contribution < 1.29 is 17.9 Å². The number of benzene rings is 1. The van der Waals surface area contributed by atoms with E-state index in [2.05, 4.69) is 19.6 Å². The van der Waals surface area contributed by atoms with E-state index in [9.17, 15) is 13.2 Å². The quantitative estimate of drug-likeness (QED) is 0.415. The van der Waals surface area contributed by atoms with Gasteiger partial charge in [0.25, 0.3) is 6.43 Å². The number of hydrogen-bond acceptors (Lipinski definition) is 1. The van der Waals surface area contributed by atoms with Crippen molar-refractivity contribution in [1.29, 1.82) is 0 Å². The summed E-state index contributed by atoms with van der Waals surface area (Å²) < 4.78 is 47.9. The molecule has 0 aliphatic heterocycles. The lowest BCUT2D eigenvalue weighted by Gasteiger charge is -2.17. The molecule has 2 nitrogen and oxygen atoms in total. The standard InChI is InChI=1S/C17H21ClF3NOSi/c1-24(2,3)10-9-23-11-22-8-7-14(19)16(22)15-12(17(20)21)5-4-6-13(15)18/h4-8,17H,9-11H2,1-3H3. The molecule has 2 aromatic rings. The van der Waals surface area contributed by atoms with Crippen LogP contribution in [0.25, 0.3) is 11.3 Å². The number of halogens is 4. The number of aromatic nitrogens is 1. The van der Waals surface area contributed by atoms with Crippen LogP contribution in [0.1, 0.15) is 12.0 Å². The van der Waals surface area contributed by atoms with Gasteiger partial charge in [0, 0.05) is 32.0 Å². The van der Waals surface area contributed by atoms with Crippen LogP contribution in [-0.4, -0.2) is 19.2 Å². The minimum atomic E-state index is -2.74. The van der Waals surface area contributed by atoms with Crippen molar-refractivity contribution in [1.82, 2.24) is 4.57 Å². The second-order valence-corrected chi connectivity index (χ2v) is 12.9. The number of hydrogen-bond donors (Lipinski definition) is 0. The van der Waals surface area contributed by atoms with Gasteiger partial charge >= 0.3 is 0 Å². The van der Waals surface area contributed by atoms with E-state index in [-0.39, 0.29) is 28.6 Å². The molecule has 1 aromatic carbocycles. The summed E-state index contributed by atoms with van der Waals surface area (Å²) in [5.41, 5.74) is -0.238. The average molecular weight is 376 g/mol. The molecule has 0 unspecified atom stereocenters. The van der Waals surface area contributed by atoms with Crippen LogP contribution in [0.3, 0.4) is 0 Å². The van der Waals surface area contributed by atoms with Gasteiger partial charge < -0.3 is 9.30 Å². The Bertz CT molecular complexity index is 698. The molecule has 0 atom stereocenters. The Labute approximate surface area is 146 Å². The summed E-state index contributed by atoms with van der Waals surface area (Å²) in [4.78, 5) is 0. The molecule has 7 heteroatoms. The van der Waals surface area contributed by atoms with E-state index in [1.807, 2.05) is 0 Å². The zero-order chi connectivity index (χ0) is 17.9. The molecule has 0 aliphatic carbocycles. The van der Waals surface area contributed by atoms with Crippen LogP contribution in [0.5, 0.6) is 0 Å². The fourth-order valence-corrected chi connectivity index (χ4v) is 3.36. The summed E-state index contributed by atoms with van der Waals surface area (Å²) in [6.07, 6.45) is -1.26. The molecule has 0 aliphatic rings. The Morgan fingerprint density at radius 2 is 1.92 bits per heavy atom. The van der Waals surface area contributed by atoms with Crippen LogP contribution in [0.15, 0.2) is 30.5 Å². The maximum Gasteiger partial charge on any atom is 0.264 e. The Kier molecular flexibility index (Phi) is 6.17. The van der Waals surface area contributed by atoms with E-state index in [0.29, 0.717) is 6.61 Å². The van der Waals surface area contributed by atoms with Crippen molar-refractivity contribution in [3.8, 4) is 11.3 Å². The molecule has 0 radical (unpaired) electrons. The number of ether oxygens (including phenoxy) is 1. The van der Waals surface area contributed by atoms with Gasteiger partial charge in [-0.25, -0.2) is 13.2 Å². The topological polar surface area (TPSA) is 14.2 Å². The maximum absolute atomic E-state index is 14.2. The lowest BCUT2D eigenvalue weighted by atomic mass is 10.0. The van der Waals surface area contributed by atoms with Crippen molar-refractivity contribution in [3.63, 3.8) is 0 Å². The SMILES string of the molecule is C[Si](C)(C)CCOCn1ccc(F)c1-c1c(Cl)cccc1C(F)F. The monoisotopic (exact) mass is 375 g/mol. The van der Waals surface area contributed by atoms with Gasteiger partial charge in [-0.15, -0.1) is 0 Å². The summed E-state index contributed by atoms with van der Waals surface area (Å²) in [6, 6.07) is 6.37. The lowest BCUT2D eigenvalue weighted by Crippen LogP contribution is -2.22. The minimum Gasteiger partial charge on any atom is -0.361 e. The zero-order valence-electron chi connectivity index (χ0n) is 14.0. The molecule has 1 heterocycles. The maximum atomic E-state index is 14.2.